The average Bonchev–Trinajstić information content (AvgIpc) is 1.55. The molecule has 642 valence electrons. The van der Waals surface area contributed by atoms with E-state index in [0.717, 1.165) is 233 Å². The lowest BCUT2D eigenvalue weighted by Crippen LogP contribution is -2.06. The number of hydrogen-bond donors (Lipinski definition) is 0. The number of fused-ring (bicyclic) bond motifs is 12. The average molecular weight is 1740 g/mol. The third-order valence-electron chi connectivity index (χ3n) is 28.0. The van der Waals surface area contributed by atoms with Gasteiger partial charge < -0.3 is 18.3 Å². The zero-order valence-electron chi connectivity index (χ0n) is 76.5. The van der Waals surface area contributed by atoms with Crippen LogP contribution in [0.1, 0.15) is 61.5 Å². The number of pyridine rings is 2. The lowest BCUT2D eigenvalue weighted by molar-refractivity contribution is 1.11. The number of rotatable bonds is 16. The Balaban J connectivity index is 0.752. The van der Waals surface area contributed by atoms with E-state index < -0.39 is 0 Å². The third-order valence-corrected chi connectivity index (χ3v) is 28.0. The molecule has 0 saturated heterocycles. The molecular weight excluding hydrogens is 1650 g/mol. The molecule has 0 saturated carbocycles. The van der Waals surface area contributed by atoms with Crippen molar-refractivity contribution in [1.82, 2.24) is 28.2 Å². The molecule has 0 radical (unpaired) electrons. The van der Waals surface area contributed by atoms with Crippen LogP contribution >= 0.6 is 0 Å². The Kier molecular flexibility index (Phi) is 19.9. The molecule has 0 amide bonds. The molecule has 0 bridgehead atoms. The number of benzene rings is 18. The molecule has 18 aromatic carbocycles. The monoisotopic (exact) mass is 1740 g/mol. The Morgan fingerprint density at radius 1 is 0.228 bits per heavy atom. The molecule has 0 aliphatic carbocycles. The summed E-state index contributed by atoms with van der Waals surface area (Å²) in [6.07, 6.45) is 0.538. The molecule has 136 heavy (non-hydrogen) atoms. The highest BCUT2D eigenvalue weighted by Crippen LogP contribution is 2.51. The highest BCUT2D eigenvalue weighted by atomic mass is 15.0. The molecule has 0 spiro atoms. The number of nitriles is 2. The van der Waals surface area contributed by atoms with Crippen LogP contribution in [0.3, 0.4) is 0 Å². The molecule has 0 N–H and O–H groups in total. The Morgan fingerprint density at radius 2 is 0.588 bits per heavy atom. The number of nitrogens with zero attached hydrogens (tertiary/aromatic N) is 8. The van der Waals surface area contributed by atoms with E-state index in [1.54, 1.807) is 0 Å². The van der Waals surface area contributed by atoms with Crippen molar-refractivity contribution >= 4 is 87.2 Å². The predicted molar refractivity (Wildman–Crippen MR) is 566 cm³/mol. The van der Waals surface area contributed by atoms with Crippen molar-refractivity contribution in [2.75, 3.05) is 0 Å². The standard InChI is InChI=1S/C128H90N8/c1-78-28-26-38-90(60-78)92-48-53-106-104-44-22-24-46-114(104)135(120(106)74-92)124-67-87(77-130)68-125(126(124)97-61-83(6)131-84(7)62-97)136-115-47-25-23-45-105(115)107-54-49-93(75-121(107)136)91-39-27-33-85(63-91)64-110-103(102-43-21-17-32-82(102)5)55-59-119-128(110)111-71-96(101-42-20-16-31-81(101)4)52-58-118(111)134(119)123-66-86(76-129)65-122(127(123)98-72-112(88-34-10-8-11-35-88)132-113(73-98)89-36-12-9-13-37-89)133-116-56-50-94(99-40-18-14-29-79(99)2)69-108(116)109-70-95(51-57-117(109)133)100-41-19-15-30-80(100)3/h8-63,65-75H,64H2,1-7H3. The first-order valence-corrected chi connectivity index (χ1v) is 46.6. The molecule has 24 rings (SSSR count). The minimum absolute atomic E-state index is 0.503. The van der Waals surface area contributed by atoms with Crippen LogP contribution in [0.15, 0.2) is 406 Å². The van der Waals surface area contributed by atoms with Crippen LogP contribution < -0.4 is 0 Å². The molecule has 8 nitrogen and oxygen atoms in total. The van der Waals surface area contributed by atoms with Crippen molar-refractivity contribution in [1.29, 1.82) is 10.5 Å². The first kappa shape index (κ1) is 81.7. The SMILES string of the molecule is Cc1cccc(-c2ccc3c4ccccc4n(-c4cc(C#N)cc(-n5c6ccccc6c6ccc(-c7cccc(Cc8c(-c9ccccc9C)ccc9c8c8cc(-c%10ccccc%10C)ccc8n9-c8cc(C#N)cc(-n9c%10ccc(-c%11ccccc%11C)cc%10c%10cc(-c%11ccccc%11C)ccc%109)c8-c8cc(-c9ccccc9)nc(-c9ccccc9)c8)c7)cc65)c4-c4cc(C)nc(C)c4)c3c2)c1. The lowest BCUT2D eigenvalue weighted by atomic mass is 9.88. The summed E-state index contributed by atoms with van der Waals surface area (Å²) < 4.78 is 9.73. The molecule has 24 aromatic rings. The van der Waals surface area contributed by atoms with Gasteiger partial charge in [0.1, 0.15) is 0 Å². The predicted octanol–water partition coefficient (Wildman–Crippen LogP) is 33.0. The number of aryl methyl sites for hydroxylation is 7. The number of aromatic nitrogens is 6. The Labute approximate surface area is 789 Å². The van der Waals surface area contributed by atoms with Gasteiger partial charge in [-0.2, -0.15) is 10.5 Å². The van der Waals surface area contributed by atoms with Crippen LogP contribution in [0, 0.1) is 71.1 Å². The van der Waals surface area contributed by atoms with E-state index in [-0.39, 0.29) is 0 Å². The van der Waals surface area contributed by atoms with E-state index in [1.165, 1.54) is 38.9 Å². The van der Waals surface area contributed by atoms with Gasteiger partial charge in [0.15, 0.2) is 0 Å². The fraction of sp³-hybridized carbons (Fsp3) is 0.0625. The quantitative estimate of drug-likeness (QED) is 0.0963. The van der Waals surface area contributed by atoms with E-state index in [2.05, 4.69) is 485 Å². The van der Waals surface area contributed by atoms with Crippen LogP contribution in [0.4, 0.5) is 0 Å². The van der Waals surface area contributed by atoms with Gasteiger partial charge in [-0.3, -0.25) is 4.98 Å². The molecule has 6 heterocycles. The maximum atomic E-state index is 12.1. The van der Waals surface area contributed by atoms with E-state index in [4.69, 9.17) is 9.97 Å². The van der Waals surface area contributed by atoms with Gasteiger partial charge in [0.25, 0.3) is 0 Å². The molecule has 0 atom stereocenters. The van der Waals surface area contributed by atoms with E-state index in [9.17, 15) is 10.5 Å². The van der Waals surface area contributed by atoms with E-state index in [1.807, 2.05) is 0 Å². The fourth-order valence-corrected chi connectivity index (χ4v) is 21.8. The Hall–Kier alpha value is -17.6. The molecule has 0 unspecified atom stereocenters. The zero-order chi connectivity index (χ0) is 91.7. The Morgan fingerprint density at radius 3 is 1.06 bits per heavy atom. The highest BCUT2D eigenvalue weighted by Gasteiger charge is 2.31. The number of hydrogen-bond acceptors (Lipinski definition) is 4. The molecular formula is C128H90N8. The van der Waals surface area contributed by atoms with Crippen LogP contribution in [0.2, 0.25) is 0 Å². The zero-order valence-corrected chi connectivity index (χ0v) is 76.5. The summed E-state index contributed by atoms with van der Waals surface area (Å²) in [6.45, 7) is 15.1. The van der Waals surface area contributed by atoms with Gasteiger partial charge in [0.2, 0.25) is 0 Å². The number of para-hydroxylation sites is 2. The van der Waals surface area contributed by atoms with E-state index in [0.29, 0.717) is 17.5 Å². The van der Waals surface area contributed by atoms with Crippen LogP contribution in [0.5, 0.6) is 0 Å². The van der Waals surface area contributed by atoms with Gasteiger partial charge in [-0.05, 0) is 281 Å². The smallest absolute Gasteiger partial charge is 0.0993 e. The summed E-state index contributed by atoms with van der Waals surface area (Å²) in [5, 5.41) is 32.5. The minimum Gasteiger partial charge on any atom is -0.308 e. The maximum Gasteiger partial charge on any atom is 0.0993 e. The summed E-state index contributed by atoms with van der Waals surface area (Å²) in [7, 11) is 0. The second-order valence-corrected chi connectivity index (χ2v) is 36.5. The molecule has 0 fully saturated rings. The van der Waals surface area contributed by atoms with Crippen molar-refractivity contribution in [3.05, 3.63) is 468 Å². The molecule has 0 aliphatic rings. The topological polar surface area (TPSA) is 93.1 Å². The van der Waals surface area contributed by atoms with Gasteiger partial charge in [0.05, 0.1) is 102 Å². The van der Waals surface area contributed by atoms with Crippen molar-refractivity contribution < 1.29 is 0 Å². The summed E-state index contributed by atoms with van der Waals surface area (Å²) in [4.78, 5) is 10.6. The van der Waals surface area contributed by atoms with Gasteiger partial charge >= 0.3 is 0 Å². The maximum absolute atomic E-state index is 12.1. The minimum atomic E-state index is 0.503. The largest absolute Gasteiger partial charge is 0.308 e. The normalized spacial score (nSPS) is 11.7. The van der Waals surface area contributed by atoms with Gasteiger partial charge in [-0.25, -0.2) is 4.98 Å². The summed E-state index contributed by atoms with van der Waals surface area (Å²) in [6, 6.07) is 154. The van der Waals surface area contributed by atoms with Crippen molar-refractivity contribution in [2.45, 2.75) is 54.9 Å². The molecule has 8 heteroatoms. The molecule has 0 aliphatic heterocycles. The van der Waals surface area contributed by atoms with Crippen LogP contribution in [-0.4, -0.2) is 28.2 Å². The van der Waals surface area contributed by atoms with Gasteiger partial charge in [-0.15, -0.1) is 0 Å². The van der Waals surface area contributed by atoms with Crippen LogP contribution in [0.25, 0.3) is 222 Å². The second-order valence-electron chi connectivity index (χ2n) is 36.5. The van der Waals surface area contributed by atoms with Crippen molar-refractivity contribution in [3.63, 3.8) is 0 Å². The Bertz CT molecular complexity index is 9010. The summed E-state index contributed by atoms with van der Waals surface area (Å²) in [5.74, 6) is 0. The van der Waals surface area contributed by atoms with Gasteiger partial charge in [-0.1, -0.05) is 297 Å². The van der Waals surface area contributed by atoms with Gasteiger partial charge in [0, 0.05) is 76.7 Å². The fourth-order valence-electron chi connectivity index (χ4n) is 21.8. The summed E-state index contributed by atoms with van der Waals surface area (Å²) >= 11 is 0. The molecule has 6 aromatic heterocycles. The van der Waals surface area contributed by atoms with Crippen molar-refractivity contribution in [2.24, 2.45) is 0 Å². The van der Waals surface area contributed by atoms with Crippen molar-refractivity contribution in [3.8, 4) is 146 Å². The highest BCUT2D eigenvalue weighted by molar-refractivity contribution is 6.18. The lowest BCUT2D eigenvalue weighted by Gasteiger charge is -2.22. The first-order chi connectivity index (χ1) is 66.7. The first-order valence-electron chi connectivity index (χ1n) is 46.6. The summed E-state index contributed by atoms with van der Waals surface area (Å²) in [5.41, 5.74) is 43.4. The third kappa shape index (κ3) is 13.9. The second kappa shape index (κ2) is 33.1. The van der Waals surface area contributed by atoms with Crippen LogP contribution in [-0.2, 0) is 6.42 Å². The van der Waals surface area contributed by atoms with E-state index >= 15 is 0 Å².